The fourth-order valence-electron chi connectivity index (χ4n) is 4.17. The van der Waals surface area contributed by atoms with Gasteiger partial charge >= 0.3 is 0 Å². The number of rotatable bonds is 4. The zero-order valence-electron chi connectivity index (χ0n) is 21.1. The van der Waals surface area contributed by atoms with E-state index in [1.54, 1.807) is 40.9 Å². The van der Waals surface area contributed by atoms with Crippen molar-refractivity contribution in [2.75, 3.05) is 14.1 Å². The molecule has 0 saturated heterocycles. The maximum absolute atomic E-state index is 14.8. The summed E-state index contributed by atoms with van der Waals surface area (Å²) in [6.45, 7) is 8.83. The third-order valence-corrected chi connectivity index (χ3v) is 6.20. The fraction of sp³-hybridized carbons (Fsp3) is 0.296. The van der Waals surface area contributed by atoms with Gasteiger partial charge in [0.2, 0.25) is 5.91 Å². The Labute approximate surface area is 186 Å². The van der Waals surface area contributed by atoms with Crippen molar-refractivity contribution in [3.8, 4) is 0 Å². The molecule has 162 valence electrons. The van der Waals surface area contributed by atoms with E-state index >= 15 is 0 Å². The van der Waals surface area contributed by atoms with E-state index in [1.165, 1.54) is 17.0 Å². The Kier molecular flexibility index (Phi) is 5.31. The number of halogens is 2. The van der Waals surface area contributed by atoms with Crippen molar-refractivity contribution in [2.45, 2.75) is 40.0 Å². The van der Waals surface area contributed by atoms with Crippen LogP contribution in [0.5, 0.6) is 0 Å². The van der Waals surface area contributed by atoms with Gasteiger partial charge in [0.25, 0.3) is 0 Å². The van der Waals surface area contributed by atoms with Crippen LogP contribution in [0, 0.1) is 46.3 Å². The summed E-state index contributed by atoms with van der Waals surface area (Å²) in [5.74, 6) is -1.58. The van der Waals surface area contributed by atoms with Gasteiger partial charge in [-0.15, -0.1) is 0 Å². The lowest BCUT2D eigenvalue weighted by atomic mass is 9.65. The molecule has 0 heterocycles. The summed E-state index contributed by atoms with van der Waals surface area (Å²) in [6.07, 6.45) is 0. The summed E-state index contributed by atoms with van der Waals surface area (Å²) >= 11 is 0. The number of hydrogen-bond donors (Lipinski definition) is 0. The van der Waals surface area contributed by atoms with Gasteiger partial charge in [0.05, 0.1) is 2.74 Å². The highest BCUT2D eigenvalue weighted by Gasteiger charge is 2.47. The Bertz CT molecular complexity index is 1240. The first-order valence-corrected chi connectivity index (χ1v) is 10.2. The van der Waals surface area contributed by atoms with Crippen LogP contribution in [-0.4, -0.2) is 24.9 Å². The number of carbonyl (C=O) groups excluding carboxylic acids is 1. The van der Waals surface area contributed by atoms with Crippen LogP contribution in [-0.2, 0) is 10.2 Å². The summed E-state index contributed by atoms with van der Waals surface area (Å²) in [6, 6.07) is 8.90. The molecular formula is C27H29F2NO. The van der Waals surface area contributed by atoms with E-state index in [9.17, 15) is 13.6 Å². The van der Waals surface area contributed by atoms with Gasteiger partial charge in [0.15, 0.2) is 0 Å². The number of aryl methyl sites for hydroxylation is 3. The zero-order chi connectivity index (χ0) is 24.8. The van der Waals surface area contributed by atoms with E-state index < -0.39 is 23.1 Å². The molecule has 1 unspecified atom stereocenters. The van der Waals surface area contributed by atoms with Crippen molar-refractivity contribution in [1.82, 2.24) is 4.90 Å². The Hall–Kier alpha value is -3.01. The van der Waals surface area contributed by atoms with Crippen molar-refractivity contribution in [3.63, 3.8) is 0 Å². The maximum Gasteiger partial charge on any atom is 0.241 e. The Morgan fingerprint density at radius 1 is 0.839 bits per heavy atom. The topological polar surface area (TPSA) is 20.3 Å². The number of benzene rings is 3. The van der Waals surface area contributed by atoms with E-state index in [4.69, 9.17) is 2.74 Å². The first-order valence-electron chi connectivity index (χ1n) is 11.2. The molecule has 0 aromatic heterocycles. The highest BCUT2D eigenvalue weighted by Crippen LogP contribution is 2.45. The van der Waals surface area contributed by atoms with Crippen LogP contribution in [0.15, 0.2) is 48.5 Å². The molecule has 2 nitrogen and oxygen atoms in total. The Morgan fingerprint density at radius 3 is 2.10 bits per heavy atom. The van der Waals surface area contributed by atoms with Crippen LogP contribution in [0.1, 0.15) is 47.2 Å². The zero-order valence-corrected chi connectivity index (χ0v) is 19.1. The average Bonchev–Trinajstić information content (AvgIpc) is 2.76. The van der Waals surface area contributed by atoms with Crippen LogP contribution in [0.25, 0.3) is 0 Å². The molecule has 0 aliphatic rings. The monoisotopic (exact) mass is 423 g/mol. The molecule has 0 N–H and O–H groups in total. The van der Waals surface area contributed by atoms with E-state index in [0.717, 1.165) is 11.1 Å². The van der Waals surface area contributed by atoms with Crippen LogP contribution in [0.3, 0.4) is 0 Å². The predicted octanol–water partition coefficient (Wildman–Crippen LogP) is 5.93. The first kappa shape index (κ1) is 19.9. The SMILES string of the molecule is [2H]c1c([2H])c(C(C(=O)N(C)C)(c2ccc(C)c(C)c2)c2ccc(F)cc2C)c(C)c(C)c1F. The van der Waals surface area contributed by atoms with Crippen molar-refractivity contribution in [3.05, 3.63) is 105 Å². The number of amides is 1. The summed E-state index contributed by atoms with van der Waals surface area (Å²) in [4.78, 5) is 15.6. The first-order chi connectivity index (χ1) is 15.3. The van der Waals surface area contributed by atoms with E-state index in [1.807, 2.05) is 32.0 Å². The highest BCUT2D eigenvalue weighted by atomic mass is 19.1. The van der Waals surface area contributed by atoms with E-state index in [0.29, 0.717) is 22.3 Å². The fourth-order valence-corrected chi connectivity index (χ4v) is 4.17. The van der Waals surface area contributed by atoms with Crippen molar-refractivity contribution in [1.29, 1.82) is 0 Å². The lowest BCUT2D eigenvalue weighted by molar-refractivity contribution is -0.132. The number of carbonyl (C=O) groups is 1. The molecule has 0 aliphatic carbocycles. The molecule has 0 bridgehead atoms. The molecule has 3 rings (SSSR count). The van der Waals surface area contributed by atoms with Gasteiger partial charge in [-0.2, -0.15) is 0 Å². The molecule has 3 aromatic rings. The second-order valence-electron chi connectivity index (χ2n) is 8.40. The number of nitrogens with zero attached hydrogens (tertiary/aromatic N) is 1. The van der Waals surface area contributed by atoms with Gasteiger partial charge < -0.3 is 4.90 Å². The molecule has 0 spiro atoms. The molecule has 31 heavy (non-hydrogen) atoms. The molecule has 1 atom stereocenters. The van der Waals surface area contributed by atoms with Gasteiger partial charge in [-0.1, -0.05) is 30.3 Å². The molecule has 4 heteroatoms. The van der Waals surface area contributed by atoms with Crippen LogP contribution in [0.2, 0.25) is 0 Å². The van der Waals surface area contributed by atoms with Crippen molar-refractivity contribution >= 4 is 5.91 Å². The van der Waals surface area contributed by atoms with E-state index in [2.05, 4.69) is 0 Å². The summed E-state index contributed by atoms with van der Waals surface area (Å²) < 4.78 is 46.0. The van der Waals surface area contributed by atoms with Crippen molar-refractivity contribution < 1.29 is 16.3 Å². The Balaban J connectivity index is 2.69. The van der Waals surface area contributed by atoms with Gasteiger partial charge in [-0.3, -0.25) is 4.79 Å². The molecule has 0 radical (unpaired) electrons. The predicted molar refractivity (Wildman–Crippen MR) is 122 cm³/mol. The van der Waals surface area contributed by atoms with Gasteiger partial charge in [-0.25, -0.2) is 8.78 Å². The third kappa shape index (κ3) is 3.65. The molecule has 0 aliphatic heterocycles. The van der Waals surface area contributed by atoms with Gasteiger partial charge in [-0.05, 0) is 97.3 Å². The maximum atomic E-state index is 14.8. The van der Waals surface area contributed by atoms with Crippen LogP contribution >= 0.6 is 0 Å². The van der Waals surface area contributed by atoms with Gasteiger partial charge in [0.1, 0.15) is 17.0 Å². The second-order valence-corrected chi connectivity index (χ2v) is 8.40. The normalized spacial score (nSPS) is 14.0. The van der Waals surface area contributed by atoms with Crippen LogP contribution in [0.4, 0.5) is 8.78 Å². The molecule has 1 amide bonds. The standard InChI is InChI=1S/C27H29F2NO/c1-16-8-9-21(14-17(16)2)27(26(31)30(6)7,23-11-10-22(28)15-18(23)3)24-12-13-25(29)20(5)19(24)4/h8-15H,1-7H3/i12D,13D. The molecule has 0 fully saturated rings. The smallest absolute Gasteiger partial charge is 0.241 e. The highest BCUT2D eigenvalue weighted by molar-refractivity contribution is 5.97. The molecular weight excluding hydrogens is 392 g/mol. The molecule has 3 aromatic carbocycles. The van der Waals surface area contributed by atoms with Crippen LogP contribution < -0.4 is 0 Å². The number of hydrogen-bond acceptors (Lipinski definition) is 1. The Morgan fingerprint density at radius 2 is 1.52 bits per heavy atom. The molecule has 0 saturated carbocycles. The lowest BCUT2D eigenvalue weighted by Crippen LogP contribution is -2.47. The minimum atomic E-state index is -1.57. The summed E-state index contributed by atoms with van der Waals surface area (Å²) in [5, 5.41) is 0. The summed E-state index contributed by atoms with van der Waals surface area (Å²) in [5.41, 5.74) is 2.87. The van der Waals surface area contributed by atoms with Gasteiger partial charge in [0, 0.05) is 14.1 Å². The summed E-state index contributed by atoms with van der Waals surface area (Å²) in [7, 11) is 3.24. The van der Waals surface area contributed by atoms with E-state index in [-0.39, 0.29) is 23.1 Å². The lowest BCUT2D eigenvalue weighted by Gasteiger charge is -2.39. The minimum Gasteiger partial charge on any atom is -0.347 e. The third-order valence-electron chi connectivity index (χ3n) is 6.20. The van der Waals surface area contributed by atoms with Crippen molar-refractivity contribution in [2.24, 2.45) is 0 Å². The average molecular weight is 424 g/mol. The minimum absolute atomic E-state index is 0.213. The quantitative estimate of drug-likeness (QED) is 0.476. The largest absolute Gasteiger partial charge is 0.347 e. The number of likely N-dealkylation sites (N-methyl/N-ethyl adjacent to an activating group) is 1. The second kappa shape index (κ2) is 8.26.